The van der Waals surface area contributed by atoms with Gasteiger partial charge in [0.15, 0.2) is 5.43 Å². The Labute approximate surface area is 224 Å². The fraction of sp³-hybridized carbons (Fsp3) is 0.267. The molecule has 0 bridgehead atoms. The molecule has 2 heterocycles. The maximum absolute atomic E-state index is 13.7. The number of rotatable bonds is 9. The van der Waals surface area contributed by atoms with Crippen molar-refractivity contribution >= 4 is 32.8 Å². The second-order valence-electron chi connectivity index (χ2n) is 9.09. The zero-order valence-electron chi connectivity index (χ0n) is 20.9. The van der Waals surface area contributed by atoms with Crippen molar-refractivity contribution in [1.82, 2.24) is 9.80 Å². The number of hydrogen-bond acceptors (Lipinski definition) is 5. The second kappa shape index (κ2) is 10.9. The summed E-state index contributed by atoms with van der Waals surface area (Å²) in [7, 11) is 0. The molecule has 0 N–H and O–H groups in total. The first-order chi connectivity index (χ1) is 18.0. The van der Waals surface area contributed by atoms with Crippen molar-refractivity contribution in [3.8, 4) is 5.75 Å². The summed E-state index contributed by atoms with van der Waals surface area (Å²) < 4.78 is 12.8. The molecular weight excluding hydrogens is 532 g/mol. The van der Waals surface area contributed by atoms with E-state index in [-0.39, 0.29) is 17.1 Å². The molecule has 1 unspecified atom stereocenters. The molecule has 6 nitrogen and oxygen atoms in total. The molecule has 1 aliphatic heterocycles. The van der Waals surface area contributed by atoms with E-state index < -0.39 is 6.04 Å². The Bertz CT molecular complexity index is 1460. The number of likely N-dealkylation sites (N-methyl/N-ethyl adjacent to an activating group) is 1. The van der Waals surface area contributed by atoms with E-state index in [1.165, 1.54) is 0 Å². The summed E-state index contributed by atoms with van der Waals surface area (Å²) in [5.74, 6) is 0.605. The maximum Gasteiger partial charge on any atom is 0.290 e. The molecule has 1 aromatic heterocycles. The van der Waals surface area contributed by atoms with Gasteiger partial charge in [0.1, 0.15) is 17.9 Å². The van der Waals surface area contributed by atoms with E-state index in [4.69, 9.17) is 9.15 Å². The third kappa shape index (κ3) is 5.06. The van der Waals surface area contributed by atoms with Crippen LogP contribution in [-0.4, -0.2) is 41.9 Å². The number of fused-ring (bicyclic) bond motifs is 2. The van der Waals surface area contributed by atoms with Crippen LogP contribution >= 0.6 is 15.9 Å². The van der Waals surface area contributed by atoms with Gasteiger partial charge in [-0.05, 0) is 54.5 Å². The third-order valence-corrected chi connectivity index (χ3v) is 7.42. The first kappa shape index (κ1) is 25.2. The SMILES string of the molecule is CCN(CC)CCN1C(=O)c2oc3ccc(Br)cc3c(=O)c2C1c1ccc(OCc2ccccc2)cc1. The number of nitrogens with zero attached hydrogens (tertiary/aromatic N) is 2. The fourth-order valence-electron chi connectivity index (χ4n) is 4.85. The van der Waals surface area contributed by atoms with E-state index in [0.29, 0.717) is 36.2 Å². The van der Waals surface area contributed by atoms with Gasteiger partial charge < -0.3 is 19.0 Å². The predicted octanol–water partition coefficient (Wildman–Crippen LogP) is 6.02. The number of amides is 1. The highest BCUT2D eigenvalue weighted by atomic mass is 79.9. The maximum atomic E-state index is 13.7. The number of benzene rings is 3. The van der Waals surface area contributed by atoms with E-state index in [9.17, 15) is 9.59 Å². The minimum atomic E-state index is -0.527. The van der Waals surface area contributed by atoms with Crippen molar-refractivity contribution in [2.75, 3.05) is 26.2 Å². The van der Waals surface area contributed by atoms with Gasteiger partial charge in [-0.15, -0.1) is 0 Å². The Morgan fingerprint density at radius 2 is 1.70 bits per heavy atom. The summed E-state index contributed by atoms with van der Waals surface area (Å²) in [5, 5.41) is 0.458. The minimum absolute atomic E-state index is 0.133. The van der Waals surface area contributed by atoms with Crippen LogP contribution in [-0.2, 0) is 6.61 Å². The Kier molecular flexibility index (Phi) is 7.44. The molecule has 1 amide bonds. The van der Waals surface area contributed by atoms with Crippen LogP contribution in [0, 0.1) is 0 Å². The average molecular weight is 561 g/mol. The summed E-state index contributed by atoms with van der Waals surface area (Å²) in [6.07, 6.45) is 0. The Balaban J connectivity index is 1.51. The molecule has 3 aromatic carbocycles. The molecule has 37 heavy (non-hydrogen) atoms. The fourth-order valence-corrected chi connectivity index (χ4v) is 5.21. The lowest BCUT2D eigenvalue weighted by atomic mass is 9.98. The second-order valence-corrected chi connectivity index (χ2v) is 10.0. The van der Waals surface area contributed by atoms with Crippen molar-refractivity contribution in [2.45, 2.75) is 26.5 Å². The molecule has 5 rings (SSSR count). The van der Waals surface area contributed by atoms with E-state index >= 15 is 0 Å². The van der Waals surface area contributed by atoms with Gasteiger partial charge in [0.25, 0.3) is 5.91 Å². The van der Waals surface area contributed by atoms with Crippen LogP contribution in [0.2, 0.25) is 0 Å². The van der Waals surface area contributed by atoms with Gasteiger partial charge in [0.2, 0.25) is 5.76 Å². The number of carbonyl (C=O) groups is 1. The van der Waals surface area contributed by atoms with E-state index in [0.717, 1.165) is 34.4 Å². The van der Waals surface area contributed by atoms with Crippen molar-refractivity contribution in [3.63, 3.8) is 0 Å². The van der Waals surface area contributed by atoms with Crippen LogP contribution in [0.25, 0.3) is 11.0 Å². The minimum Gasteiger partial charge on any atom is -0.489 e. The smallest absolute Gasteiger partial charge is 0.290 e. The lowest BCUT2D eigenvalue weighted by molar-refractivity contribution is 0.0708. The molecule has 0 fully saturated rings. The average Bonchev–Trinajstić information content (AvgIpc) is 3.21. The van der Waals surface area contributed by atoms with Crippen molar-refractivity contribution in [2.24, 2.45) is 0 Å². The molecule has 0 saturated heterocycles. The molecule has 190 valence electrons. The van der Waals surface area contributed by atoms with E-state index in [1.807, 2.05) is 54.6 Å². The summed E-state index contributed by atoms with van der Waals surface area (Å²) in [6, 6.07) is 22.4. The Morgan fingerprint density at radius 1 is 0.973 bits per heavy atom. The Hall–Kier alpha value is -3.42. The van der Waals surface area contributed by atoms with Gasteiger partial charge >= 0.3 is 0 Å². The van der Waals surface area contributed by atoms with Gasteiger partial charge in [-0.1, -0.05) is 72.2 Å². The molecule has 1 atom stereocenters. The highest BCUT2D eigenvalue weighted by molar-refractivity contribution is 9.10. The van der Waals surface area contributed by atoms with Crippen LogP contribution in [0.4, 0.5) is 0 Å². The standard InChI is InChI=1S/C30H29BrN2O4/c1-3-32(4-2)16-17-33-27(21-10-13-23(14-11-21)36-19-20-8-6-5-7-9-20)26-28(34)24-18-22(31)12-15-25(24)37-29(26)30(33)35/h5-15,18,27H,3-4,16-17,19H2,1-2H3. The van der Waals surface area contributed by atoms with Crippen LogP contribution in [0.5, 0.6) is 5.75 Å². The van der Waals surface area contributed by atoms with Crippen molar-refractivity contribution in [3.05, 3.63) is 110 Å². The molecule has 0 radical (unpaired) electrons. The lowest BCUT2D eigenvalue weighted by Gasteiger charge is -2.28. The van der Waals surface area contributed by atoms with Crippen molar-refractivity contribution < 1.29 is 13.9 Å². The Morgan fingerprint density at radius 3 is 2.41 bits per heavy atom. The van der Waals surface area contributed by atoms with Gasteiger partial charge in [0.05, 0.1) is 17.0 Å². The van der Waals surface area contributed by atoms with Gasteiger partial charge in [-0.3, -0.25) is 9.59 Å². The van der Waals surface area contributed by atoms with Gasteiger partial charge in [-0.2, -0.15) is 0 Å². The normalized spacial score (nSPS) is 15.0. The molecule has 7 heteroatoms. The van der Waals surface area contributed by atoms with Gasteiger partial charge in [-0.25, -0.2) is 0 Å². The van der Waals surface area contributed by atoms with Crippen LogP contribution in [0.15, 0.2) is 86.5 Å². The lowest BCUT2D eigenvalue weighted by Crippen LogP contribution is -2.37. The molecule has 0 saturated carbocycles. The molecular formula is C30H29BrN2O4. The molecule has 1 aliphatic rings. The van der Waals surface area contributed by atoms with Crippen molar-refractivity contribution in [1.29, 1.82) is 0 Å². The quantitative estimate of drug-likeness (QED) is 0.250. The monoisotopic (exact) mass is 560 g/mol. The molecule has 4 aromatic rings. The van der Waals surface area contributed by atoms with Crippen LogP contribution in [0.1, 0.15) is 47.1 Å². The first-order valence-corrected chi connectivity index (χ1v) is 13.4. The van der Waals surface area contributed by atoms with E-state index in [1.54, 1.807) is 23.1 Å². The summed E-state index contributed by atoms with van der Waals surface area (Å²) >= 11 is 3.45. The predicted molar refractivity (Wildman–Crippen MR) is 148 cm³/mol. The number of carbonyl (C=O) groups excluding carboxylic acids is 1. The highest BCUT2D eigenvalue weighted by Gasteiger charge is 2.42. The summed E-state index contributed by atoms with van der Waals surface area (Å²) in [6.45, 7) is 7.64. The summed E-state index contributed by atoms with van der Waals surface area (Å²) in [4.78, 5) is 31.4. The number of hydrogen-bond donors (Lipinski definition) is 0. The first-order valence-electron chi connectivity index (χ1n) is 12.6. The summed E-state index contributed by atoms with van der Waals surface area (Å²) in [5.41, 5.74) is 2.56. The van der Waals surface area contributed by atoms with E-state index in [2.05, 4.69) is 34.7 Å². The number of halogens is 1. The highest BCUT2D eigenvalue weighted by Crippen LogP contribution is 2.38. The largest absolute Gasteiger partial charge is 0.489 e. The van der Waals surface area contributed by atoms with Crippen LogP contribution in [0.3, 0.4) is 0 Å². The molecule has 0 spiro atoms. The zero-order chi connectivity index (χ0) is 25.9. The number of ether oxygens (including phenoxy) is 1. The van der Waals surface area contributed by atoms with Gasteiger partial charge in [0, 0.05) is 17.6 Å². The third-order valence-electron chi connectivity index (χ3n) is 6.92. The zero-order valence-corrected chi connectivity index (χ0v) is 22.5. The van der Waals surface area contributed by atoms with Crippen LogP contribution < -0.4 is 10.2 Å². The topological polar surface area (TPSA) is 63.0 Å². The molecule has 0 aliphatic carbocycles.